The van der Waals surface area contributed by atoms with Gasteiger partial charge in [-0.05, 0) is 115 Å². The van der Waals surface area contributed by atoms with Crippen LogP contribution in [0.2, 0.25) is 0 Å². The van der Waals surface area contributed by atoms with Gasteiger partial charge in [-0.2, -0.15) is 0 Å². The number of nitrogens with zero attached hydrogens (tertiary/aromatic N) is 2. The van der Waals surface area contributed by atoms with Gasteiger partial charge in [-0.3, -0.25) is 0 Å². The summed E-state index contributed by atoms with van der Waals surface area (Å²) in [5.74, 6) is 0. The maximum Gasteiger partial charge on any atom is 0.143 e. The van der Waals surface area contributed by atoms with Crippen molar-refractivity contribution >= 4 is 121 Å². The van der Waals surface area contributed by atoms with Crippen molar-refractivity contribution in [1.29, 1.82) is 0 Å². The van der Waals surface area contributed by atoms with Gasteiger partial charge < -0.3 is 18.6 Å². The summed E-state index contributed by atoms with van der Waals surface area (Å²) in [7, 11) is 0. The molecule has 16 aromatic carbocycles. The highest BCUT2D eigenvalue weighted by molar-refractivity contribution is 6.20. The highest BCUT2D eigenvalue weighted by Gasteiger charge is 2.24. The summed E-state index contributed by atoms with van der Waals surface area (Å²) < 4.78 is 13.6. The van der Waals surface area contributed by atoms with Gasteiger partial charge in [-0.1, -0.05) is 291 Å². The molecule has 0 radical (unpaired) electrons. The van der Waals surface area contributed by atoms with E-state index in [1.165, 1.54) is 43.1 Å². The Morgan fingerprint density at radius 3 is 0.837 bits per heavy atom. The molecule has 0 saturated carbocycles. The van der Waals surface area contributed by atoms with Crippen LogP contribution in [0.15, 0.2) is 361 Å². The van der Waals surface area contributed by atoms with Crippen molar-refractivity contribution in [2.75, 3.05) is 9.80 Å². The standard InChI is InChI=1S/C52H33NO.C36H25NO/c1-2-15-34(16-3-1)41-27-13-29-47-48-30-14-28-42(52(48)54-51(41)47)35-19-12-20-38(31-35)53(49-32-36-17-4-6-21-39(36)43-23-8-10-25-45(43)49)50-33-37-18-5-7-22-40(37)44-24-9-11-26-46(44)50;1-4-13-26(14-5-1)31-21-11-23-33-34-24-12-22-32(36(34)38-35(31)33)27-15-10-20-30(25-27)37(28-16-6-2-7-17-28)29-18-8-3-9-19-29/h1-33H;1-25H. The van der Waals surface area contributed by atoms with E-state index in [0.29, 0.717) is 0 Å². The van der Waals surface area contributed by atoms with E-state index < -0.39 is 0 Å². The Labute approximate surface area is 533 Å². The molecule has 0 saturated heterocycles. The number of benzene rings is 16. The summed E-state index contributed by atoms with van der Waals surface area (Å²) in [6.45, 7) is 0. The lowest BCUT2D eigenvalue weighted by atomic mass is 9.96. The molecular weight excluding hydrogens is 1120 g/mol. The third-order valence-electron chi connectivity index (χ3n) is 18.1. The summed E-state index contributed by atoms with van der Waals surface area (Å²) in [4.78, 5) is 4.76. The number of para-hydroxylation sites is 6. The van der Waals surface area contributed by atoms with Crippen LogP contribution < -0.4 is 9.80 Å². The molecule has 0 spiro atoms. The van der Waals surface area contributed by atoms with Gasteiger partial charge in [0.25, 0.3) is 0 Å². The fourth-order valence-electron chi connectivity index (χ4n) is 13.9. The SMILES string of the molecule is c1ccc(-c2cccc3c2oc2c(-c4cccc(N(c5cc6ccccc6c6ccccc56)c5cc6ccccc6c6ccccc56)c4)cccc23)cc1.c1ccc(-c2cccc3c2oc2c(-c4cccc(N(c5ccccc5)c5ccccc5)c4)cccc23)cc1. The Bertz CT molecular complexity index is 5620. The lowest BCUT2D eigenvalue weighted by Gasteiger charge is -2.29. The smallest absolute Gasteiger partial charge is 0.143 e. The predicted octanol–water partition coefficient (Wildman–Crippen LogP) is 25.4. The number of hydrogen-bond acceptors (Lipinski definition) is 4. The minimum atomic E-state index is 0.895. The average Bonchev–Trinajstić information content (AvgIpc) is 1.04. The Morgan fingerprint density at radius 2 is 0.446 bits per heavy atom. The van der Waals surface area contributed by atoms with Crippen molar-refractivity contribution < 1.29 is 8.83 Å². The Hall–Kier alpha value is -12.2. The quantitative estimate of drug-likeness (QED) is 0.128. The van der Waals surface area contributed by atoms with E-state index >= 15 is 0 Å². The van der Waals surface area contributed by atoms with Gasteiger partial charge in [0.05, 0.1) is 11.4 Å². The van der Waals surface area contributed by atoms with Crippen LogP contribution in [0, 0.1) is 0 Å². The summed E-state index contributed by atoms with van der Waals surface area (Å²) in [5, 5.41) is 14.3. The molecule has 0 bridgehead atoms. The van der Waals surface area contributed by atoms with Crippen LogP contribution in [-0.2, 0) is 0 Å². The van der Waals surface area contributed by atoms with Crippen LogP contribution in [0.1, 0.15) is 0 Å². The van der Waals surface area contributed by atoms with E-state index in [4.69, 9.17) is 8.83 Å². The van der Waals surface area contributed by atoms with Crippen molar-refractivity contribution in [1.82, 2.24) is 0 Å². The topological polar surface area (TPSA) is 32.8 Å². The number of anilines is 6. The maximum atomic E-state index is 6.89. The van der Waals surface area contributed by atoms with Gasteiger partial charge in [0.2, 0.25) is 0 Å². The van der Waals surface area contributed by atoms with Crippen LogP contribution in [-0.4, -0.2) is 0 Å². The summed E-state index contributed by atoms with van der Waals surface area (Å²) in [6.07, 6.45) is 0. The number of fused-ring (bicyclic) bond motifs is 12. The number of hydrogen-bond donors (Lipinski definition) is 0. The third kappa shape index (κ3) is 9.49. The molecule has 92 heavy (non-hydrogen) atoms. The van der Waals surface area contributed by atoms with E-state index in [9.17, 15) is 0 Å². The van der Waals surface area contributed by atoms with Gasteiger partial charge in [0.1, 0.15) is 22.3 Å². The molecule has 0 fully saturated rings. The first-order chi connectivity index (χ1) is 45.7. The molecule has 4 heteroatoms. The van der Waals surface area contributed by atoms with E-state index in [0.717, 1.165) is 123 Å². The van der Waals surface area contributed by atoms with Crippen LogP contribution in [0.25, 0.3) is 131 Å². The van der Waals surface area contributed by atoms with E-state index in [-0.39, 0.29) is 0 Å². The van der Waals surface area contributed by atoms with Gasteiger partial charge in [-0.15, -0.1) is 0 Å². The summed E-state index contributed by atoms with van der Waals surface area (Å²) >= 11 is 0. The highest BCUT2D eigenvalue weighted by Crippen LogP contribution is 2.49. The van der Waals surface area contributed by atoms with Crippen molar-refractivity contribution in [2.24, 2.45) is 0 Å². The van der Waals surface area contributed by atoms with E-state index in [1.807, 2.05) is 6.07 Å². The normalized spacial score (nSPS) is 11.5. The second kappa shape index (κ2) is 23.0. The monoisotopic (exact) mass is 1170 g/mol. The van der Waals surface area contributed by atoms with Crippen molar-refractivity contribution in [3.05, 3.63) is 352 Å². The fraction of sp³-hybridized carbons (Fsp3) is 0. The molecule has 18 aromatic rings. The lowest BCUT2D eigenvalue weighted by molar-refractivity contribution is 0.670. The minimum Gasteiger partial charge on any atom is -0.455 e. The number of furan rings is 2. The zero-order valence-electron chi connectivity index (χ0n) is 50.2. The fourth-order valence-corrected chi connectivity index (χ4v) is 13.9. The first-order valence-electron chi connectivity index (χ1n) is 31.4. The Kier molecular flexibility index (Phi) is 13.5. The molecule has 2 aromatic heterocycles. The molecule has 0 aliphatic rings. The highest BCUT2D eigenvalue weighted by atomic mass is 16.3. The minimum absolute atomic E-state index is 0.895. The van der Waals surface area contributed by atoms with Crippen LogP contribution in [0.4, 0.5) is 34.1 Å². The summed E-state index contributed by atoms with van der Waals surface area (Å²) in [6, 6.07) is 125. The summed E-state index contributed by atoms with van der Waals surface area (Å²) in [5.41, 5.74) is 19.2. The third-order valence-corrected chi connectivity index (χ3v) is 18.1. The van der Waals surface area contributed by atoms with Crippen molar-refractivity contribution in [2.45, 2.75) is 0 Å². The van der Waals surface area contributed by atoms with Gasteiger partial charge in [-0.25, -0.2) is 0 Å². The Balaban J connectivity index is 0.000000150. The van der Waals surface area contributed by atoms with E-state index in [1.54, 1.807) is 0 Å². The molecule has 0 unspecified atom stereocenters. The molecule has 0 atom stereocenters. The first kappa shape index (κ1) is 54.0. The molecule has 0 aliphatic heterocycles. The molecule has 2 heterocycles. The second-order valence-corrected chi connectivity index (χ2v) is 23.4. The van der Waals surface area contributed by atoms with E-state index in [2.05, 4.69) is 356 Å². The second-order valence-electron chi connectivity index (χ2n) is 23.4. The molecule has 4 nitrogen and oxygen atoms in total. The predicted molar refractivity (Wildman–Crippen MR) is 389 cm³/mol. The van der Waals surface area contributed by atoms with Crippen LogP contribution in [0.3, 0.4) is 0 Å². The number of rotatable bonds is 10. The van der Waals surface area contributed by atoms with Crippen molar-refractivity contribution in [3.8, 4) is 44.5 Å². The maximum absolute atomic E-state index is 6.89. The molecule has 0 amide bonds. The zero-order chi connectivity index (χ0) is 60.9. The molecule has 0 aliphatic carbocycles. The van der Waals surface area contributed by atoms with Gasteiger partial charge in [0.15, 0.2) is 0 Å². The molecular formula is C88H58N2O2. The lowest BCUT2D eigenvalue weighted by Crippen LogP contribution is -2.11. The average molecular weight is 1180 g/mol. The van der Waals surface area contributed by atoms with Gasteiger partial charge in [0, 0.05) is 77.3 Å². The first-order valence-corrected chi connectivity index (χ1v) is 31.4. The molecule has 18 rings (SSSR count). The Morgan fingerprint density at radius 1 is 0.174 bits per heavy atom. The largest absolute Gasteiger partial charge is 0.455 e. The zero-order valence-corrected chi connectivity index (χ0v) is 50.2. The molecule has 0 N–H and O–H groups in total. The van der Waals surface area contributed by atoms with Crippen LogP contribution >= 0.6 is 0 Å². The van der Waals surface area contributed by atoms with Crippen molar-refractivity contribution in [3.63, 3.8) is 0 Å². The van der Waals surface area contributed by atoms with Gasteiger partial charge >= 0.3 is 0 Å². The molecule has 432 valence electrons. The van der Waals surface area contributed by atoms with Crippen LogP contribution in [0.5, 0.6) is 0 Å².